The monoisotopic (exact) mass is 570 g/mol. The van der Waals surface area contributed by atoms with Crippen molar-refractivity contribution in [2.75, 3.05) is 44.7 Å². The molecule has 0 radical (unpaired) electrons. The Morgan fingerprint density at radius 3 is 2.62 bits per heavy atom. The maximum absolute atomic E-state index is 12.3. The lowest BCUT2D eigenvalue weighted by Gasteiger charge is -2.53. The lowest BCUT2D eigenvalue weighted by Crippen LogP contribution is -2.63. The van der Waals surface area contributed by atoms with Crippen LogP contribution in [0, 0.1) is 0 Å². The van der Waals surface area contributed by atoms with Crippen LogP contribution in [0.4, 0.5) is 5.82 Å². The van der Waals surface area contributed by atoms with Gasteiger partial charge in [-0.3, -0.25) is 9.80 Å². The number of ether oxygens (including phenoxy) is 1. The predicted molar refractivity (Wildman–Crippen MR) is 156 cm³/mol. The van der Waals surface area contributed by atoms with E-state index in [0.29, 0.717) is 28.2 Å². The molecule has 2 aliphatic rings. The van der Waals surface area contributed by atoms with E-state index in [-0.39, 0.29) is 11.5 Å². The minimum absolute atomic E-state index is 0.120. The number of likely N-dealkylation sites (tertiary alicyclic amines) is 1. The van der Waals surface area contributed by atoms with Crippen molar-refractivity contribution < 1.29 is 9.53 Å². The molecule has 0 bridgehead atoms. The van der Waals surface area contributed by atoms with Crippen molar-refractivity contribution >= 4 is 35.0 Å². The van der Waals surface area contributed by atoms with Crippen LogP contribution in [0.25, 0.3) is 11.4 Å². The van der Waals surface area contributed by atoms with Gasteiger partial charge in [0.2, 0.25) is 0 Å². The standard InChI is InChI=1S/C29H36Cl2N6O2/c1-4-23-19-36(27-25(31)15-21(17-34-27)26-32-9-10-33-26)13-14-37(23)29(2)7-11-35(12-8-29)18-20-5-6-22(30)16-24(20)28(38)39-3/h5-6,9-10,15-17,23H,4,7-8,11-14,18-19H2,1-3H3,(H,32,33)/t23-/m0/s1. The molecule has 1 atom stereocenters. The van der Waals surface area contributed by atoms with Gasteiger partial charge in [-0.1, -0.05) is 36.2 Å². The van der Waals surface area contributed by atoms with Crippen molar-refractivity contribution in [3.05, 3.63) is 64.0 Å². The molecule has 0 amide bonds. The van der Waals surface area contributed by atoms with E-state index in [1.807, 2.05) is 24.4 Å². The van der Waals surface area contributed by atoms with Gasteiger partial charge in [0.1, 0.15) is 11.6 Å². The van der Waals surface area contributed by atoms with Crippen LogP contribution in [0.3, 0.4) is 0 Å². The van der Waals surface area contributed by atoms with Crippen LogP contribution in [0.2, 0.25) is 10.0 Å². The molecule has 3 aromatic rings. The predicted octanol–water partition coefficient (Wildman–Crippen LogP) is 5.52. The second-order valence-corrected chi connectivity index (χ2v) is 11.6. The van der Waals surface area contributed by atoms with E-state index in [0.717, 1.165) is 74.8 Å². The quantitative estimate of drug-likeness (QED) is 0.374. The van der Waals surface area contributed by atoms with Crippen LogP contribution in [-0.4, -0.2) is 82.1 Å². The van der Waals surface area contributed by atoms with Crippen molar-refractivity contribution in [3.8, 4) is 11.4 Å². The number of carbonyl (C=O) groups is 1. The number of piperazine rings is 1. The Labute approximate surface area is 240 Å². The number of aromatic nitrogens is 3. The summed E-state index contributed by atoms with van der Waals surface area (Å²) in [6.45, 7) is 10.1. The maximum atomic E-state index is 12.3. The Hall–Kier alpha value is -2.65. The molecule has 8 nitrogen and oxygen atoms in total. The fraction of sp³-hybridized carbons (Fsp3) is 0.483. The number of benzene rings is 1. The van der Waals surface area contributed by atoms with Crippen LogP contribution in [0.1, 0.15) is 49.0 Å². The molecule has 0 aliphatic carbocycles. The van der Waals surface area contributed by atoms with Crippen molar-refractivity contribution in [1.29, 1.82) is 0 Å². The highest BCUT2D eigenvalue weighted by molar-refractivity contribution is 6.33. The van der Waals surface area contributed by atoms with Gasteiger partial charge in [0.05, 0.1) is 17.7 Å². The third-order valence-corrected chi connectivity index (χ3v) is 8.86. The first-order valence-electron chi connectivity index (χ1n) is 13.6. The molecule has 208 valence electrons. The van der Waals surface area contributed by atoms with Crippen LogP contribution < -0.4 is 4.90 Å². The second kappa shape index (κ2) is 11.8. The number of piperidine rings is 1. The number of imidazole rings is 1. The number of pyridine rings is 1. The number of methoxy groups -OCH3 is 1. The molecular formula is C29H36Cl2N6O2. The number of carbonyl (C=O) groups excluding carboxylic acids is 1. The fourth-order valence-electron chi connectivity index (χ4n) is 6.03. The number of nitrogens with one attached hydrogen (secondary N) is 1. The van der Waals surface area contributed by atoms with Crippen molar-refractivity contribution in [2.24, 2.45) is 0 Å². The van der Waals surface area contributed by atoms with Gasteiger partial charge in [0.25, 0.3) is 0 Å². The number of hydrogen-bond donors (Lipinski definition) is 1. The Kier molecular flexibility index (Phi) is 8.47. The van der Waals surface area contributed by atoms with E-state index >= 15 is 0 Å². The third kappa shape index (κ3) is 5.94. The summed E-state index contributed by atoms with van der Waals surface area (Å²) in [5.41, 5.74) is 2.51. The molecule has 0 spiro atoms. The first-order chi connectivity index (χ1) is 18.8. The summed E-state index contributed by atoms with van der Waals surface area (Å²) in [4.78, 5) is 31.9. The summed E-state index contributed by atoms with van der Waals surface area (Å²) in [6.07, 6.45) is 8.57. The first-order valence-corrected chi connectivity index (χ1v) is 14.3. The van der Waals surface area contributed by atoms with E-state index in [1.165, 1.54) is 7.11 Å². The largest absolute Gasteiger partial charge is 0.465 e. The summed E-state index contributed by atoms with van der Waals surface area (Å²) in [7, 11) is 1.41. The summed E-state index contributed by atoms with van der Waals surface area (Å²) in [6, 6.07) is 7.84. The summed E-state index contributed by atoms with van der Waals surface area (Å²) in [5, 5.41) is 1.19. The van der Waals surface area contributed by atoms with Crippen molar-refractivity contribution in [1.82, 2.24) is 24.8 Å². The molecule has 1 N–H and O–H groups in total. The molecule has 39 heavy (non-hydrogen) atoms. The average Bonchev–Trinajstić information content (AvgIpc) is 3.50. The average molecular weight is 572 g/mol. The zero-order chi connectivity index (χ0) is 27.6. The number of hydrogen-bond acceptors (Lipinski definition) is 7. The fourth-order valence-corrected chi connectivity index (χ4v) is 6.49. The number of aromatic amines is 1. The smallest absolute Gasteiger partial charge is 0.338 e. The van der Waals surface area contributed by atoms with Crippen LogP contribution >= 0.6 is 23.2 Å². The van der Waals surface area contributed by atoms with E-state index < -0.39 is 0 Å². The lowest BCUT2D eigenvalue weighted by atomic mass is 9.85. The summed E-state index contributed by atoms with van der Waals surface area (Å²) in [5.74, 6) is 1.27. The molecule has 2 fully saturated rings. The highest BCUT2D eigenvalue weighted by Crippen LogP contribution is 2.36. The number of anilines is 1. The van der Waals surface area contributed by atoms with Gasteiger partial charge in [-0.25, -0.2) is 14.8 Å². The number of H-pyrrole nitrogens is 1. The number of esters is 1. The maximum Gasteiger partial charge on any atom is 0.338 e. The summed E-state index contributed by atoms with van der Waals surface area (Å²) < 4.78 is 4.98. The molecule has 4 heterocycles. The first kappa shape index (κ1) is 27.9. The van der Waals surface area contributed by atoms with E-state index in [9.17, 15) is 4.79 Å². The highest BCUT2D eigenvalue weighted by Gasteiger charge is 2.41. The van der Waals surface area contributed by atoms with E-state index in [2.05, 4.69) is 38.5 Å². The zero-order valence-electron chi connectivity index (χ0n) is 22.8. The molecule has 0 unspecified atom stereocenters. The van der Waals surface area contributed by atoms with Gasteiger partial charge in [0, 0.05) is 80.0 Å². The zero-order valence-corrected chi connectivity index (χ0v) is 24.3. The Morgan fingerprint density at radius 1 is 1.15 bits per heavy atom. The molecule has 2 aromatic heterocycles. The Balaban J connectivity index is 1.23. The molecule has 2 aliphatic heterocycles. The van der Waals surface area contributed by atoms with E-state index in [1.54, 1.807) is 18.5 Å². The van der Waals surface area contributed by atoms with Gasteiger partial charge < -0.3 is 14.6 Å². The van der Waals surface area contributed by atoms with Crippen LogP contribution in [-0.2, 0) is 11.3 Å². The lowest BCUT2D eigenvalue weighted by molar-refractivity contribution is -0.00592. The van der Waals surface area contributed by atoms with Gasteiger partial charge >= 0.3 is 5.97 Å². The number of halogens is 2. The van der Waals surface area contributed by atoms with Crippen molar-refractivity contribution in [2.45, 2.75) is 51.2 Å². The van der Waals surface area contributed by atoms with Gasteiger partial charge in [-0.2, -0.15) is 0 Å². The van der Waals surface area contributed by atoms with Crippen LogP contribution in [0.5, 0.6) is 0 Å². The third-order valence-electron chi connectivity index (χ3n) is 8.34. The normalized spacial score (nSPS) is 20.2. The van der Waals surface area contributed by atoms with Crippen molar-refractivity contribution in [3.63, 3.8) is 0 Å². The topological polar surface area (TPSA) is 77.6 Å². The molecule has 2 saturated heterocycles. The van der Waals surface area contributed by atoms with E-state index in [4.69, 9.17) is 32.9 Å². The van der Waals surface area contributed by atoms with Crippen LogP contribution in [0.15, 0.2) is 42.9 Å². The molecule has 1 aromatic carbocycles. The number of nitrogens with zero attached hydrogens (tertiary/aromatic N) is 5. The number of rotatable bonds is 7. The molecular weight excluding hydrogens is 535 g/mol. The highest BCUT2D eigenvalue weighted by atomic mass is 35.5. The molecule has 0 saturated carbocycles. The van der Waals surface area contributed by atoms with Gasteiger partial charge in [-0.05, 0) is 49.9 Å². The molecule has 5 rings (SSSR count). The SMILES string of the molecule is CC[C@H]1CN(c2ncc(-c3ncc[nH]3)cc2Cl)CCN1C1(C)CCN(Cc2ccc(Cl)cc2C(=O)OC)CC1. The Morgan fingerprint density at radius 2 is 1.95 bits per heavy atom. The summed E-state index contributed by atoms with van der Waals surface area (Å²) >= 11 is 12.9. The second-order valence-electron chi connectivity index (χ2n) is 10.7. The minimum atomic E-state index is -0.344. The Bertz CT molecular complexity index is 1290. The van der Waals surface area contributed by atoms with Gasteiger partial charge in [-0.15, -0.1) is 0 Å². The minimum Gasteiger partial charge on any atom is -0.465 e. The molecule has 10 heteroatoms. The van der Waals surface area contributed by atoms with Gasteiger partial charge in [0.15, 0.2) is 0 Å².